The molecule has 4 heteroatoms. The van der Waals surface area contributed by atoms with E-state index in [-0.39, 0.29) is 0 Å². The van der Waals surface area contributed by atoms with E-state index in [1.54, 1.807) is 0 Å². The molecule has 0 aromatic heterocycles. The first-order valence-electron chi connectivity index (χ1n) is 4.17. The highest BCUT2D eigenvalue weighted by Crippen LogP contribution is 2.22. The van der Waals surface area contributed by atoms with E-state index in [2.05, 4.69) is 42.0 Å². The maximum Gasteiger partial charge on any atom is 0.0258 e. The van der Waals surface area contributed by atoms with Gasteiger partial charge in [0, 0.05) is 25.2 Å². The molecular formula is C7H18N2P2. The second-order valence-corrected chi connectivity index (χ2v) is 4.63. The summed E-state index contributed by atoms with van der Waals surface area (Å²) in [4.78, 5) is 0. The van der Waals surface area contributed by atoms with E-state index < -0.39 is 0 Å². The van der Waals surface area contributed by atoms with Crippen molar-refractivity contribution in [2.24, 2.45) is 0 Å². The number of nitrogens with zero attached hydrogens (tertiary/aromatic N) is 2. The molecule has 0 aliphatic carbocycles. The first-order valence-corrected chi connectivity index (χ1v) is 5.21. The van der Waals surface area contributed by atoms with E-state index in [1.807, 2.05) is 0 Å². The maximum atomic E-state index is 2.83. The van der Waals surface area contributed by atoms with Gasteiger partial charge in [-0.2, -0.15) is 0 Å². The van der Waals surface area contributed by atoms with E-state index >= 15 is 0 Å². The van der Waals surface area contributed by atoms with E-state index in [0.717, 1.165) is 6.54 Å². The minimum absolute atomic E-state index is 0.667. The Hall–Kier alpha value is 0.780. The standard InChI is InChI=1S/C7H18N2P2/c1-3-7-5-8(10)6(2)4-9(7)11/h6-7H,3-5,10-11H2,1-2H3. The second kappa shape index (κ2) is 4.14. The third-order valence-electron chi connectivity index (χ3n) is 2.40. The molecule has 0 aromatic carbocycles. The summed E-state index contributed by atoms with van der Waals surface area (Å²) in [6.07, 6.45) is 1.24. The number of piperazine rings is 1. The van der Waals surface area contributed by atoms with Crippen molar-refractivity contribution in [1.29, 1.82) is 0 Å². The highest BCUT2D eigenvalue weighted by molar-refractivity contribution is 7.14. The third kappa shape index (κ3) is 2.36. The van der Waals surface area contributed by atoms with Crippen LogP contribution in [-0.2, 0) is 0 Å². The van der Waals surface area contributed by atoms with Crippen molar-refractivity contribution in [3.63, 3.8) is 0 Å². The fraction of sp³-hybridized carbons (Fsp3) is 1.00. The van der Waals surface area contributed by atoms with Gasteiger partial charge in [-0.25, -0.2) is 0 Å². The molecule has 0 radical (unpaired) electrons. The molecule has 1 fully saturated rings. The smallest absolute Gasteiger partial charge is 0.0258 e. The van der Waals surface area contributed by atoms with Crippen LogP contribution >= 0.6 is 18.8 Å². The largest absolute Gasteiger partial charge is 0.282 e. The number of hydrogen-bond donors (Lipinski definition) is 0. The molecule has 1 aliphatic heterocycles. The van der Waals surface area contributed by atoms with Gasteiger partial charge in [-0.15, -0.1) is 0 Å². The minimum atomic E-state index is 0.667. The van der Waals surface area contributed by atoms with Crippen LogP contribution < -0.4 is 0 Å². The first kappa shape index (κ1) is 9.86. The second-order valence-electron chi connectivity index (χ2n) is 3.30. The van der Waals surface area contributed by atoms with Gasteiger partial charge in [-0.1, -0.05) is 25.7 Å². The summed E-state index contributed by atoms with van der Waals surface area (Å²) in [5.41, 5.74) is 0. The van der Waals surface area contributed by atoms with Crippen LogP contribution in [0.25, 0.3) is 0 Å². The first-order chi connectivity index (χ1) is 5.15. The Kier molecular flexibility index (Phi) is 3.71. The monoisotopic (exact) mass is 192 g/mol. The zero-order chi connectivity index (χ0) is 8.43. The summed E-state index contributed by atoms with van der Waals surface area (Å²) < 4.78 is 4.74. The van der Waals surface area contributed by atoms with Crippen LogP contribution in [0.1, 0.15) is 20.3 Å². The summed E-state index contributed by atoms with van der Waals surface area (Å²) in [6, 6.07) is 1.38. The highest BCUT2D eigenvalue weighted by atomic mass is 31.0. The third-order valence-corrected chi connectivity index (χ3v) is 3.76. The Morgan fingerprint density at radius 1 is 1.27 bits per heavy atom. The molecule has 4 atom stereocenters. The molecule has 0 aromatic rings. The van der Waals surface area contributed by atoms with E-state index in [9.17, 15) is 0 Å². The Morgan fingerprint density at radius 2 is 1.91 bits per heavy atom. The van der Waals surface area contributed by atoms with Gasteiger partial charge < -0.3 is 0 Å². The molecule has 2 nitrogen and oxygen atoms in total. The van der Waals surface area contributed by atoms with Crippen LogP contribution in [-0.4, -0.2) is 34.5 Å². The molecule has 1 heterocycles. The summed E-state index contributed by atoms with van der Waals surface area (Å²) >= 11 is 0. The number of hydrogen-bond acceptors (Lipinski definition) is 2. The zero-order valence-corrected chi connectivity index (χ0v) is 9.63. The molecule has 1 aliphatic rings. The van der Waals surface area contributed by atoms with Crippen molar-refractivity contribution in [1.82, 2.24) is 9.34 Å². The van der Waals surface area contributed by atoms with Gasteiger partial charge in [0.2, 0.25) is 0 Å². The lowest BCUT2D eigenvalue weighted by atomic mass is 10.1. The van der Waals surface area contributed by atoms with Crippen molar-refractivity contribution in [2.75, 3.05) is 13.1 Å². The molecule has 0 saturated carbocycles. The molecule has 66 valence electrons. The average molecular weight is 192 g/mol. The topological polar surface area (TPSA) is 6.48 Å². The van der Waals surface area contributed by atoms with Crippen molar-refractivity contribution in [2.45, 2.75) is 32.4 Å². The van der Waals surface area contributed by atoms with Crippen molar-refractivity contribution in [3.8, 4) is 0 Å². The van der Waals surface area contributed by atoms with Crippen molar-refractivity contribution < 1.29 is 0 Å². The van der Waals surface area contributed by atoms with E-state index in [4.69, 9.17) is 0 Å². The van der Waals surface area contributed by atoms with Gasteiger partial charge in [0.05, 0.1) is 0 Å². The predicted molar refractivity (Wildman–Crippen MR) is 56.4 cm³/mol. The molecule has 1 rings (SSSR count). The average Bonchev–Trinajstić information content (AvgIpc) is 1.97. The molecule has 0 amide bonds. The van der Waals surface area contributed by atoms with Crippen LogP contribution in [0.15, 0.2) is 0 Å². The summed E-state index contributed by atoms with van der Waals surface area (Å²) in [5.74, 6) is 0. The lowest BCUT2D eigenvalue weighted by Crippen LogP contribution is -2.49. The molecule has 0 bridgehead atoms. The molecule has 1 saturated heterocycles. The van der Waals surface area contributed by atoms with E-state index in [1.165, 1.54) is 13.0 Å². The SMILES string of the molecule is CCC1CN(P)C(C)CN1P. The predicted octanol–water partition coefficient (Wildman–Crippen LogP) is 1.35. The lowest BCUT2D eigenvalue weighted by molar-refractivity contribution is 0.171. The van der Waals surface area contributed by atoms with Gasteiger partial charge in [0.25, 0.3) is 0 Å². The Labute approximate surface area is 74.2 Å². The zero-order valence-electron chi connectivity index (χ0n) is 7.33. The minimum Gasteiger partial charge on any atom is -0.282 e. The van der Waals surface area contributed by atoms with Gasteiger partial charge in [0.15, 0.2) is 0 Å². The van der Waals surface area contributed by atoms with Gasteiger partial charge in [0.1, 0.15) is 0 Å². The maximum absolute atomic E-state index is 2.83. The van der Waals surface area contributed by atoms with Crippen LogP contribution in [0.5, 0.6) is 0 Å². The molecule has 0 spiro atoms. The fourth-order valence-electron chi connectivity index (χ4n) is 1.45. The Bertz CT molecular complexity index is 132. The van der Waals surface area contributed by atoms with Crippen molar-refractivity contribution >= 4 is 18.8 Å². The molecule has 11 heavy (non-hydrogen) atoms. The van der Waals surface area contributed by atoms with Gasteiger partial charge in [-0.3, -0.25) is 9.34 Å². The molecular weight excluding hydrogens is 174 g/mol. The number of rotatable bonds is 1. The fourth-order valence-corrected chi connectivity index (χ4v) is 2.40. The molecule has 0 N–H and O–H groups in total. The van der Waals surface area contributed by atoms with Crippen molar-refractivity contribution in [3.05, 3.63) is 0 Å². The summed E-state index contributed by atoms with van der Waals surface area (Å²) in [7, 11) is 5.64. The lowest BCUT2D eigenvalue weighted by Gasteiger charge is -2.41. The van der Waals surface area contributed by atoms with Crippen LogP contribution in [0.2, 0.25) is 0 Å². The summed E-state index contributed by atoms with van der Waals surface area (Å²) in [6.45, 7) is 6.84. The highest BCUT2D eigenvalue weighted by Gasteiger charge is 2.25. The van der Waals surface area contributed by atoms with Gasteiger partial charge >= 0.3 is 0 Å². The van der Waals surface area contributed by atoms with Gasteiger partial charge in [-0.05, 0) is 13.3 Å². The summed E-state index contributed by atoms with van der Waals surface area (Å²) in [5, 5.41) is 0. The quantitative estimate of drug-likeness (QED) is 0.579. The van der Waals surface area contributed by atoms with Crippen LogP contribution in [0.4, 0.5) is 0 Å². The molecule has 4 unspecified atom stereocenters. The van der Waals surface area contributed by atoms with Crippen LogP contribution in [0, 0.1) is 0 Å². The Balaban J connectivity index is 2.48. The Morgan fingerprint density at radius 3 is 2.45 bits per heavy atom. The van der Waals surface area contributed by atoms with E-state index in [0.29, 0.717) is 12.1 Å². The van der Waals surface area contributed by atoms with Crippen LogP contribution in [0.3, 0.4) is 0 Å². The normalized spacial score (nSPS) is 36.0.